The van der Waals surface area contributed by atoms with E-state index in [4.69, 9.17) is 9.47 Å². The summed E-state index contributed by atoms with van der Waals surface area (Å²) in [6, 6.07) is 5.25. The molecular formula is C16H22N4O3S. The van der Waals surface area contributed by atoms with Crippen LogP contribution in [0.25, 0.3) is 0 Å². The Balaban J connectivity index is 2.01. The molecule has 1 N–H and O–H groups in total. The number of nitrogens with zero attached hydrogens (tertiary/aromatic N) is 3. The molecule has 130 valence electrons. The van der Waals surface area contributed by atoms with Crippen molar-refractivity contribution in [3.8, 4) is 11.5 Å². The molecule has 0 saturated carbocycles. The van der Waals surface area contributed by atoms with Gasteiger partial charge in [0.2, 0.25) is 5.91 Å². The van der Waals surface area contributed by atoms with E-state index in [0.29, 0.717) is 22.3 Å². The summed E-state index contributed by atoms with van der Waals surface area (Å²) >= 11 is 1.34. The second-order valence-corrected chi connectivity index (χ2v) is 6.40. The first kappa shape index (κ1) is 18.1. The molecule has 0 aliphatic heterocycles. The Hall–Kier alpha value is -2.22. The minimum absolute atomic E-state index is 0.152. The zero-order valence-electron chi connectivity index (χ0n) is 14.5. The Morgan fingerprint density at radius 1 is 1.29 bits per heavy atom. The normalized spacial score (nSPS) is 10.8. The van der Waals surface area contributed by atoms with E-state index in [0.717, 1.165) is 5.82 Å². The standard InChI is InChI=1S/C16H22N4O3S/c1-10(2)15-18-19-16(20(15)3)24-9-14(21)17-12-8-11(22-4)6-7-13(12)23-5/h6-8,10H,9H2,1-5H3,(H,17,21). The van der Waals surface area contributed by atoms with Gasteiger partial charge in [-0.25, -0.2) is 0 Å². The van der Waals surface area contributed by atoms with Crippen molar-refractivity contribution in [3.05, 3.63) is 24.0 Å². The summed E-state index contributed by atoms with van der Waals surface area (Å²) in [6.45, 7) is 4.11. The van der Waals surface area contributed by atoms with Crippen molar-refractivity contribution in [2.24, 2.45) is 7.05 Å². The zero-order valence-corrected chi connectivity index (χ0v) is 15.3. The van der Waals surface area contributed by atoms with Crippen LogP contribution in [0, 0.1) is 0 Å². The maximum Gasteiger partial charge on any atom is 0.234 e. The molecular weight excluding hydrogens is 328 g/mol. The van der Waals surface area contributed by atoms with Crippen molar-refractivity contribution in [3.63, 3.8) is 0 Å². The molecule has 1 heterocycles. The first-order chi connectivity index (χ1) is 11.5. The number of rotatable bonds is 7. The van der Waals surface area contributed by atoms with Gasteiger partial charge in [0.15, 0.2) is 5.16 Å². The molecule has 0 fully saturated rings. The van der Waals surface area contributed by atoms with E-state index in [1.807, 2.05) is 11.6 Å². The maximum absolute atomic E-state index is 12.2. The van der Waals surface area contributed by atoms with Gasteiger partial charge in [-0.1, -0.05) is 25.6 Å². The Morgan fingerprint density at radius 2 is 2.04 bits per heavy atom. The van der Waals surface area contributed by atoms with Crippen molar-refractivity contribution in [1.29, 1.82) is 0 Å². The van der Waals surface area contributed by atoms with Crippen molar-refractivity contribution in [2.75, 3.05) is 25.3 Å². The number of methoxy groups -OCH3 is 2. The number of benzene rings is 1. The highest BCUT2D eigenvalue weighted by atomic mass is 32.2. The Morgan fingerprint density at radius 3 is 2.62 bits per heavy atom. The van der Waals surface area contributed by atoms with Gasteiger partial charge in [-0.2, -0.15) is 0 Å². The number of nitrogens with one attached hydrogen (secondary N) is 1. The molecule has 0 saturated heterocycles. The molecule has 0 unspecified atom stereocenters. The fraction of sp³-hybridized carbons (Fsp3) is 0.438. The van der Waals surface area contributed by atoms with E-state index in [9.17, 15) is 4.79 Å². The number of hydrogen-bond donors (Lipinski definition) is 1. The largest absolute Gasteiger partial charge is 0.497 e. The average Bonchev–Trinajstić information content (AvgIpc) is 2.93. The molecule has 7 nitrogen and oxygen atoms in total. The van der Waals surface area contributed by atoms with E-state index in [1.165, 1.54) is 11.8 Å². The van der Waals surface area contributed by atoms with Crippen LogP contribution in [0.1, 0.15) is 25.6 Å². The van der Waals surface area contributed by atoms with E-state index in [2.05, 4.69) is 29.4 Å². The monoisotopic (exact) mass is 350 g/mol. The quantitative estimate of drug-likeness (QED) is 0.774. The Bertz CT molecular complexity index is 715. The SMILES string of the molecule is COc1ccc(OC)c(NC(=O)CSc2nnc(C(C)C)n2C)c1. The highest BCUT2D eigenvalue weighted by molar-refractivity contribution is 7.99. The second-order valence-electron chi connectivity index (χ2n) is 5.46. The fourth-order valence-electron chi connectivity index (χ4n) is 2.18. The van der Waals surface area contributed by atoms with Crippen LogP contribution in [0.2, 0.25) is 0 Å². The van der Waals surface area contributed by atoms with E-state index in [-0.39, 0.29) is 17.6 Å². The van der Waals surface area contributed by atoms with Crippen LogP contribution in [-0.4, -0.2) is 40.6 Å². The summed E-state index contributed by atoms with van der Waals surface area (Å²) in [4.78, 5) is 12.2. The van der Waals surface area contributed by atoms with Gasteiger partial charge in [0, 0.05) is 19.0 Å². The van der Waals surface area contributed by atoms with Gasteiger partial charge in [0.1, 0.15) is 17.3 Å². The minimum atomic E-state index is -0.152. The van der Waals surface area contributed by atoms with Crippen molar-refractivity contribution >= 4 is 23.4 Å². The van der Waals surface area contributed by atoms with Gasteiger partial charge in [0.25, 0.3) is 0 Å². The predicted molar refractivity (Wildman–Crippen MR) is 94.0 cm³/mol. The van der Waals surface area contributed by atoms with Crippen LogP contribution in [0.15, 0.2) is 23.4 Å². The van der Waals surface area contributed by atoms with Gasteiger partial charge >= 0.3 is 0 Å². The fourth-order valence-corrected chi connectivity index (χ4v) is 2.90. The van der Waals surface area contributed by atoms with Crippen LogP contribution in [0.4, 0.5) is 5.69 Å². The van der Waals surface area contributed by atoms with Crippen molar-refractivity contribution < 1.29 is 14.3 Å². The molecule has 0 spiro atoms. The summed E-state index contributed by atoms with van der Waals surface area (Å²) < 4.78 is 12.3. The van der Waals surface area contributed by atoms with E-state index < -0.39 is 0 Å². The molecule has 2 aromatic rings. The molecule has 0 aliphatic carbocycles. The number of amides is 1. The van der Waals surface area contributed by atoms with E-state index in [1.54, 1.807) is 32.4 Å². The average molecular weight is 350 g/mol. The lowest BCUT2D eigenvalue weighted by Crippen LogP contribution is -2.15. The minimum Gasteiger partial charge on any atom is -0.497 e. The molecule has 24 heavy (non-hydrogen) atoms. The third-order valence-electron chi connectivity index (χ3n) is 3.40. The third-order valence-corrected chi connectivity index (χ3v) is 4.42. The molecule has 8 heteroatoms. The number of anilines is 1. The van der Waals surface area contributed by atoms with Gasteiger partial charge in [-0.3, -0.25) is 4.79 Å². The van der Waals surface area contributed by atoms with Crippen LogP contribution >= 0.6 is 11.8 Å². The van der Waals surface area contributed by atoms with E-state index >= 15 is 0 Å². The second kappa shape index (κ2) is 8.05. The van der Waals surface area contributed by atoms with Gasteiger partial charge in [0.05, 0.1) is 25.7 Å². The number of carbonyl (C=O) groups excluding carboxylic acids is 1. The summed E-state index contributed by atoms with van der Waals surface area (Å²) in [5, 5.41) is 11.8. The van der Waals surface area contributed by atoms with Gasteiger partial charge in [-0.15, -0.1) is 10.2 Å². The lowest BCUT2D eigenvalue weighted by Gasteiger charge is -2.11. The van der Waals surface area contributed by atoms with Crippen LogP contribution < -0.4 is 14.8 Å². The van der Waals surface area contributed by atoms with Crippen LogP contribution in [0.5, 0.6) is 11.5 Å². The molecule has 1 aromatic heterocycles. The van der Waals surface area contributed by atoms with Gasteiger partial charge in [-0.05, 0) is 12.1 Å². The van der Waals surface area contributed by atoms with Crippen LogP contribution in [-0.2, 0) is 11.8 Å². The molecule has 0 radical (unpaired) electrons. The van der Waals surface area contributed by atoms with Crippen molar-refractivity contribution in [2.45, 2.75) is 24.9 Å². The van der Waals surface area contributed by atoms with Crippen LogP contribution in [0.3, 0.4) is 0 Å². The number of carbonyl (C=O) groups is 1. The molecule has 0 aliphatic rings. The Kier molecular flexibility index (Phi) is 6.08. The number of ether oxygens (including phenoxy) is 2. The van der Waals surface area contributed by atoms with Crippen molar-refractivity contribution in [1.82, 2.24) is 14.8 Å². The highest BCUT2D eigenvalue weighted by Crippen LogP contribution is 2.29. The first-order valence-electron chi connectivity index (χ1n) is 7.50. The first-order valence-corrected chi connectivity index (χ1v) is 8.48. The summed E-state index contributed by atoms with van der Waals surface area (Å²) in [6.07, 6.45) is 0. The predicted octanol–water partition coefficient (Wildman–Crippen LogP) is 2.69. The smallest absolute Gasteiger partial charge is 0.234 e. The topological polar surface area (TPSA) is 78.3 Å². The number of aromatic nitrogens is 3. The lowest BCUT2D eigenvalue weighted by molar-refractivity contribution is -0.113. The molecule has 0 bridgehead atoms. The summed E-state index contributed by atoms with van der Waals surface area (Å²) in [5.74, 6) is 2.48. The summed E-state index contributed by atoms with van der Waals surface area (Å²) in [7, 11) is 5.03. The zero-order chi connectivity index (χ0) is 17.7. The maximum atomic E-state index is 12.2. The number of hydrogen-bond acceptors (Lipinski definition) is 6. The van der Waals surface area contributed by atoms with Gasteiger partial charge < -0.3 is 19.4 Å². The molecule has 1 aromatic carbocycles. The molecule has 1 amide bonds. The lowest BCUT2D eigenvalue weighted by atomic mass is 10.2. The molecule has 2 rings (SSSR count). The number of thioether (sulfide) groups is 1. The molecule has 0 atom stereocenters. The third kappa shape index (κ3) is 4.19. The Labute approximate surface area is 145 Å². The highest BCUT2D eigenvalue weighted by Gasteiger charge is 2.14. The summed E-state index contributed by atoms with van der Waals surface area (Å²) in [5.41, 5.74) is 0.572.